The maximum atomic E-state index is 11.9. The van der Waals surface area contributed by atoms with Crippen LogP contribution >= 0.6 is 0 Å². The standard InChI is InChI=1S/C13H12N4O2/c1-8-7-14-16-13(8)15-12(18)6-10-9-4-2-3-5-11(9)19-17-10/h2-5,7H,6H2,1H3,(H2,14,15,16,18). The molecule has 0 fully saturated rings. The largest absolute Gasteiger partial charge is 0.356 e. The fourth-order valence-corrected chi connectivity index (χ4v) is 1.87. The molecule has 3 rings (SSSR count). The van der Waals surface area contributed by atoms with Gasteiger partial charge in [0.15, 0.2) is 5.58 Å². The average molecular weight is 256 g/mol. The van der Waals surface area contributed by atoms with E-state index < -0.39 is 0 Å². The van der Waals surface area contributed by atoms with Crippen LogP contribution in [0.15, 0.2) is 35.0 Å². The number of hydrogen-bond donors (Lipinski definition) is 2. The van der Waals surface area contributed by atoms with Crippen LogP contribution in [0.25, 0.3) is 11.0 Å². The van der Waals surface area contributed by atoms with Gasteiger partial charge in [0.2, 0.25) is 5.91 Å². The molecule has 0 aliphatic rings. The number of aromatic amines is 1. The third-order valence-corrected chi connectivity index (χ3v) is 2.87. The van der Waals surface area contributed by atoms with Crippen molar-refractivity contribution in [1.29, 1.82) is 0 Å². The van der Waals surface area contributed by atoms with E-state index in [2.05, 4.69) is 20.7 Å². The van der Waals surface area contributed by atoms with Crippen LogP contribution in [0.4, 0.5) is 5.82 Å². The molecule has 0 radical (unpaired) electrons. The predicted molar refractivity (Wildman–Crippen MR) is 69.7 cm³/mol. The number of amides is 1. The second-order valence-electron chi connectivity index (χ2n) is 4.28. The number of nitrogens with one attached hydrogen (secondary N) is 2. The number of carbonyl (C=O) groups excluding carboxylic acids is 1. The van der Waals surface area contributed by atoms with Crippen LogP contribution in [0.5, 0.6) is 0 Å². The molecule has 0 saturated carbocycles. The van der Waals surface area contributed by atoms with E-state index >= 15 is 0 Å². The summed E-state index contributed by atoms with van der Waals surface area (Å²) in [6.07, 6.45) is 1.82. The first-order valence-electron chi connectivity index (χ1n) is 5.87. The molecule has 1 amide bonds. The second-order valence-corrected chi connectivity index (χ2v) is 4.28. The van der Waals surface area contributed by atoms with Gasteiger partial charge >= 0.3 is 0 Å². The highest BCUT2D eigenvalue weighted by Gasteiger charge is 2.13. The molecular formula is C13H12N4O2. The minimum absolute atomic E-state index is 0.161. The van der Waals surface area contributed by atoms with Gasteiger partial charge in [0.05, 0.1) is 12.6 Å². The SMILES string of the molecule is Cc1cn[nH]c1NC(=O)Cc1noc2ccccc12. The number of H-pyrrole nitrogens is 1. The van der Waals surface area contributed by atoms with Crippen LogP contribution in [-0.4, -0.2) is 21.3 Å². The van der Waals surface area contributed by atoms with Crippen molar-refractivity contribution in [1.82, 2.24) is 15.4 Å². The van der Waals surface area contributed by atoms with Gasteiger partial charge in [0, 0.05) is 10.9 Å². The number of anilines is 1. The number of rotatable bonds is 3. The highest BCUT2D eigenvalue weighted by Crippen LogP contribution is 2.18. The summed E-state index contributed by atoms with van der Waals surface area (Å²) in [5, 5.41) is 14.1. The Balaban J connectivity index is 1.78. The molecule has 2 heterocycles. The molecule has 3 aromatic rings. The summed E-state index contributed by atoms with van der Waals surface area (Å²) in [5.74, 6) is 0.448. The van der Waals surface area contributed by atoms with E-state index in [9.17, 15) is 4.79 Å². The number of hydrogen-bond acceptors (Lipinski definition) is 4. The van der Waals surface area contributed by atoms with Crippen molar-refractivity contribution in [2.75, 3.05) is 5.32 Å². The zero-order valence-corrected chi connectivity index (χ0v) is 10.3. The van der Waals surface area contributed by atoms with Crippen LogP contribution in [0.1, 0.15) is 11.3 Å². The predicted octanol–water partition coefficient (Wildman–Crippen LogP) is 2.04. The average Bonchev–Trinajstić information content (AvgIpc) is 2.98. The van der Waals surface area contributed by atoms with E-state index in [4.69, 9.17) is 4.52 Å². The molecule has 0 unspecified atom stereocenters. The number of para-hydroxylation sites is 1. The Morgan fingerprint density at radius 2 is 2.26 bits per heavy atom. The van der Waals surface area contributed by atoms with Crippen molar-refractivity contribution in [3.05, 3.63) is 41.7 Å². The number of nitrogens with zero attached hydrogens (tertiary/aromatic N) is 2. The Hall–Kier alpha value is -2.63. The van der Waals surface area contributed by atoms with Crippen molar-refractivity contribution in [3.63, 3.8) is 0 Å². The normalized spacial score (nSPS) is 10.8. The Morgan fingerprint density at radius 3 is 3.05 bits per heavy atom. The van der Waals surface area contributed by atoms with Gasteiger partial charge in [-0.15, -0.1) is 0 Å². The molecule has 0 spiro atoms. The fourth-order valence-electron chi connectivity index (χ4n) is 1.87. The van der Waals surface area contributed by atoms with Crippen LogP contribution in [-0.2, 0) is 11.2 Å². The van der Waals surface area contributed by atoms with Crippen molar-refractivity contribution >= 4 is 22.7 Å². The van der Waals surface area contributed by atoms with Gasteiger partial charge in [-0.3, -0.25) is 9.89 Å². The van der Waals surface area contributed by atoms with Crippen molar-refractivity contribution < 1.29 is 9.32 Å². The van der Waals surface area contributed by atoms with Gasteiger partial charge in [0.1, 0.15) is 11.5 Å². The molecule has 6 heteroatoms. The number of carbonyl (C=O) groups is 1. The van der Waals surface area contributed by atoms with Gasteiger partial charge in [-0.05, 0) is 19.1 Å². The molecule has 0 bridgehead atoms. The van der Waals surface area contributed by atoms with E-state index in [0.29, 0.717) is 17.1 Å². The van der Waals surface area contributed by atoms with E-state index in [1.54, 1.807) is 6.20 Å². The first kappa shape index (κ1) is 11.5. The van der Waals surface area contributed by atoms with Crippen molar-refractivity contribution in [3.8, 4) is 0 Å². The minimum Gasteiger partial charge on any atom is -0.356 e. The Labute approximate surface area is 108 Å². The molecule has 1 aromatic carbocycles. The summed E-state index contributed by atoms with van der Waals surface area (Å²) in [4.78, 5) is 11.9. The first-order chi connectivity index (χ1) is 9.24. The third kappa shape index (κ3) is 2.20. The summed E-state index contributed by atoms with van der Waals surface area (Å²) in [5.41, 5.74) is 2.20. The molecule has 0 saturated heterocycles. The van der Waals surface area contributed by atoms with Gasteiger partial charge in [-0.1, -0.05) is 17.3 Å². The molecular weight excluding hydrogens is 244 g/mol. The summed E-state index contributed by atoms with van der Waals surface area (Å²) >= 11 is 0. The minimum atomic E-state index is -0.161. The zero-order chi connectivity index (χ0) is 13.2. The van der Waals surface area contributed by atoms with Crippen molar-refractivity contribution in [2.45, 2.75) is 13.3 Å². The number of aryl methyl sites for hydroxylation is 1. The van der Waals surface area contributed by atoms with Crippen LogP contribution < -0.4 is 5.32 Å². The molecule has 6 nitrogen and oxygen atoms in total. The second kappa shape index (κ2) is 4.56. The molecule has 19 heavy (non-hydrogen) atoms. The van der Waals surface area contributed by atoms with Crippen LogP contribution in [0.3, 0.4) is 0 Å². The van der Waals surface area contributed by atoms with E-state index in [0.717, 1.165) is 10.9 Å². The summed E-state index contributed by atoms with van der Waals surface area (Å²) in [7, 11) is 0. The molecule has 2 aromatic heterocycles. The zero-order valence-electron chi connectivity index (χ0n) is 10.3. The lowest BCUT2D eigenvalue weighted by molar-refractivity contribution is -0.115. The molecule has 0 aliphatic heterocycles. The monoisotopic (exact) mass is 256 g/mol. The number of benzene rings is 1. The number of fused-ring (bicyclic) bond motifs is 1. The summed E-state index contributed by atoms with van der Waals surface area (Å²) < 4.78 is 5.16. The highest BCUT2D eigenvalue weighted by atomic mass is 16.5. The van der Waals surface area contributed by atoms with E-state index in [1.165, 1.54) is 0 Å². The smallest absolute Gasteiger partial charge is 0.231 e. The molecule has 0 aliphatic carbocycles. The van der Waals surface area contributed by atoms with Crippen LogP contribution in [0.2, 0.25) is 0 Å². The lowest BCUT2D eigenvalue weighted by Gasteiger charge is -2.01. The molecule has 2 N–H and O–H groups in total. The summed E-state index contributed by atoms with van der Waals surface area (Å²) in [6.45, 7) is 1.87. The van der Waals surface area contributed by atoms with Gasteiger partial charge < -0.3 is 9.84 Å². The van der Waals surface area contributed by atoms with Crippen LogP contribution in [0, 0.1) is 6.92 Å². The molecule has 0 atom stereocenters. The quantitative estimate of drug-likeness (QED) is 0.751. The summed E-state index contributed by atoms with van der Waals surface area (Å²) in [6, 6.07) is 7.46. The van der Waals surface area contributed by atoms with E-state index in [1.807, 2.05) is 31.2 Å². The fraction of sp³-hybridized carbons (Fsp3) is 0.154. The lowest BCUT2D eigenvalue weighted by atomic mass is 10.1. The van der Waals surface area contributed by atoms with E-state index in [-0.39, 0.29) is 12.3 Å². The Bertz CT molecular complexity index is 729. The lowest BCUT2D eigenvalue weighted by Crippen LogP contribution is -2.15. The van der Waals surface area contributed by atoms with Gasteiger partial charge in [-0.2, -0.15) is 5.10 Å². The topological polar surface area (TPSA) is 83.8 Å². The first-order valence-corrected chi connectivity index (χ1v) is 5.87. The maximum Gasteiger partial charge on any atom is 0.231 e. The van der Waals surface area contributed by atoms with Crippen molar-refractivity contribution in [2.24, 2.45) is 0 Å². The van der Waals surface area contributed by atoms with Gasteiger partial charge in [0.25, 0.3) is 0 Å². The third-order valence-electron chi connectivity index (χ3n) is 2.87. The highest BCUT2D eigenvalue weighted by molar-refractivity contribution is 5.94. The Kier molecular flexibility index (Phi) is 2.75. The maximum absolute atomic E-state index is 11.9. The number of aromatic nitrogens is 3. The van der Waals surface area contributed by atoms with Gasteiger partial charge in [-0.25, -0.2) is 0 Å². The molecule has 96 valence electrons. The Morgan fingerprint density at radius 1 is 1.42 bits per heavy atom.